The molecule has 2 rings (SSSR count). The topological polar surface area (TPSA) is 130 Å². The molecule has 7 nitrogen and oxygen atoms in total. The Labute approximate surface area is 164 Å². The summed E-state index contributed by atoms with van der Waals surface area (Å²) in [6.07, 6.45) is 0. The second-order valence-corrected chi connectivity index (χ2v) is 7.43. The number of pyridine rings is 1. The minimum atomic E-state index is -0.539. The summed E-state index contributed by atoms with van der Waals surface area (Å²) < 4.78 is 5.03. The Morgan fingerprint density at radius 3 is 2.63 bits per heavy atom. The van der Waals surface area contributed by atoms with E-state index < -0.39 is 5.97 Å². The molecule has 27 heavy (non-hydrogen) atoms. The van der Waals surface area contributed by atoms with Gasteiger partial charge in [-0.3, -0.25) is 4.79 Å². The van der Waals surface area contributed by atoms with E-state index in [0.29, 0.717) is 21.8 Å². The molecule has 0 aliphatic rings. The molecule has 9 heteroatoms. The van der Waals surface area contributed by atoms with Crippen LogP contribution < -0.4 is 5.73 Å². The summed E-state index contributed by atoms with van der Waals surface area (Å²) in [5.74, 6) is -0.497. The molecule has 0 atom stereocenters. The third-order valence-electron chi connectivity index (χ3n) is 3.64. The van der Waals surface area contributed by atoms with Crippen LogP contribution in [-0.2, 0) is 10.5 Å². The number of anilines is 1. The van der Waals surface area contributed by atoms with E-state index in [4.69, 9.17) is 10.5 Å². The minimum Gasteiger partial charge on any atom is -0.462 e. The summed E-state index contributed by atoms with van der Waals surface area (Å²) in [7, 11) is 0. The van der Waals surface area contributed by atoms with Gasteiger partial charge in [0.1, 0.15) is 27.0 Å². The fourth-order valence-corrected chi connectivity index (χ4v) is 4.43. The lowest BCUT2D eigenvalue weighted by Gasteiger charge is -2.08. The van der Waals surface area contributed by atoms with Crippen LogP contribution in [0.1, 0.15) is 56.3 Å². The molecule has 0 saturated heterocycles. The van der Waals surface area contributed by atoms with Crippen LogP contribution in [0.15, 0.2) is 11.1 Å². The molecule has 0 aromatic carbocycles. The summed E-state index contributed by atoms with van der Waals surface area (Å²) >= 11 is 2.20. The Morgan fingerprint density at radius 2 is 2.07 bits per heavy atom. The number of nitrogen functional groups attached to an aromatic ring is 1. The van der Waals surface area contributed by atoms with Crippen LogP contribution in [0.4, 0.5) is 5.00 Å². The molecule has 0 radical (unpaired) electrons. The molecule has 2 aromatic heterocycles. The van der Waals surface area contributed by atoms with Crippen LogP contribution >= 0.6 is 23.1 Å². The molecule has 138 valence electrons. The van der Waals surface area contributed by atoms with Crippen molar-refractivity contribution in [2.24, 2.45) is 0 Å². The fourth-order valence-electron chi connectivity index (χ4n) is 2.38. The molecular formula is C18H16N4O3S2. The molecule has 0 fully saturated rings. The van der Waals surface area contributed by atoms with E-state index in [2.05, 4.69) is 4.98 Å². The first-order chi connectivity index (χ1) is 12.8. The van der Waals surface area contributed by atoms with Gasteiger partial charge < -0.3 is 10.5 Å². The molecule has 0 aliphatic carbocycles. The largest absolute Gasteiger partial charge is 0.462 e. The maximum absolute atomic E-state index is 12.2. The highest BCUT2D eigenvalue weighted by Gasteiger charge is 2.23. The van der Waals surface area contributed by atoms with Gasteiger partial charge in [-0.05, 0) is 26.8 Å². The lowest BCUT2D eigenvalue weighted by atomic mass is 10.1. The molecule has 0 amide bonds. The number of aromatic nitrogens is 1. The van der Waals surface area contributed by atoms with Gasteiger partial charge in [-0.1, -0.05) is 0 Å². The maximum atomic E-state index is 12.2. The molecule has 2 heterocycles. The quantitative estimate of drug-likeness (QED) is 0.443. The Kier molecular flexibility index (Phi) is 6.56. The van der Waals surface area contributed by atoms with Gasteiger partial charge in [-0.25, -0.2) is 9.78 Å². The standard InChI is InChI=1S/C18H16N4O3S2/c1-4-25-18(24)15-14(13(7-20)16(21)27-15)8-26-17-11(6-19)5-12(10(3)23)9(2)22-17/h5H,4,8,21H2,1-3H3. The minimum absolute atomic E-state index is 0.171. The molecular weight excluding hydrogens is 384 g/mol. The number of nitrogens with two attached hydrogens (primary N) is 1. The molecule has 2 N–H and O–H groups in total. The second-order valence-electron chi connectivity index (χ2n) is 5.41. The highest BCUT2D eigenvalue weighted by Crippen LogP contribution is 2.36. The number of hydrogen-bond acceptors (Lipinski definition) is 9. The van der Waals surface area contributed by atoms with E-state index in [1.165, 1.54) is 24.8 Å². The smallest absolute Gasteiger partial charge is 0.348 e. The van der Waals surface area contributed by atoms with Crippen LogP contribution in [0.25, 0.3) is 0 Å². The summed E-state index contributed by atoms with van der Waals surface area (Å²) in [6.45, 7) is 5.00. The van der Waals surface area contributed by atoms with E-state index in [9.17, 15) is 20.1 Å². The first-order valence-electron chi connectivity index (χ1n) is 7.87. The van der Waals surface area contributed by atoms with Crippen molar-refractivity contribution in [1.82, 2.24) is 4.98 Å². The third-order valence-corrected chi connectivity index (χ3v) is 5.70. The number of nitrogens with zero attached hydrogens (tertiary/aromatic N) is 3. The SMILES string of the molecule is CCOC(=O)c1sc(N)c(C#N)c1CSc1nc(C)c(C(C)=O)cc1C#N. The Morgan fingerprint density at radius 1 is 1.37 bits per heavy atom. The molecule has 0 saturated carbocycles. The van der Waals surface area contributed by atoms with Gasteiger partial charge >= 0.3 is 5.97 Å². The number of Topliss-reactive ketones (excluding diaryl/α,β-unsaturated/α-hetero) is 1. The first kappa shape index (κ1) is 20.4. The number of aryl methyl sites for hydroxylation is 1. The van der Waals surface area contributed by atoms with E-state index in [-0.39, 0.29) is 39.1 Å². The van der Waals surface area contributed by atoms with Gasteiger partial charge in [0.2, 0.25) is 0 Å². The highest BCUT2D eigenvalue weighted by molar-refractivity contribution is 7.98. The van der Waals surface area contributed by atoms with E-state index in [0.717, 1.165) is 11.3 Å². The summed E-state index contributed by atoms with van der Waals surface area (Å²) in [5.41, 5.74) is 7.71. The number of esters is 1. The highest BCUT2D eigenvalue weighted by atomic mass is 32.2. The van der Waals surface area contributed by atoms with Gasteiger partial charge in [0.25, 0.3) is 0 Å². The van der Waals surface area contributed by atoms with Gasteiger partial charge in [0, 0.05) is 22.6 Å². The van der Waals surface area contributed by atoms with E-state index in [1.807, 2.05) is 12.1 Å². The average molecular weight is 400 g/mol. The van der Waals surface area contributed by atoms with Crippen LogP contribution in [0.5, 0.6) is 0 Å². The van der Waals surface area contributed by atoms with Crippen molar-refractivity contribution in [2.75, 3.05) is 12.3 Å². The normalized spacial score (nSPS) is 10.1. The van der Waals surface area contributed by atoms with Crippen molar-refractivity contribution in [1.29, 1.82) is 10.5 Å². The lowest BCUT2D eigenvalue weighted by Crippen LogP contribution is -2.06. The summed E-state index contributed by atoms with van der Waals surface area (Å²) in [4.78, 5) is 28.4. The zero-order valence-corrected chi connectivity index (χ0v) is 16.6. The van der Waals surface area contributed by atoms with Crippen LogP contribution in [0.3, 0.4) is 0 Å². The van der Waals surface area contributed by atoms with Crippen LogP contribution in [-0.4, -0.2) is 23.3 Å². The van der Waals surface area contributed by atoms with Crippen molar-refractivity contribution in [3.63, 3.8) is 0 Å². The number of hydrogen-bond donors (Lipinski definition) is 1. The number of thioether (sulfide) groups is 1. The lowest BCUT2D eigenvalue weighted by molar-refractivity contribution is 0.0531. The predicted molar refractivity (Wildman–Crippen MR) is 103 cm³/mol. The summed E-state index contributed by atoms with van der Waals surface area (Å²) in [6, 6.07) is 5.55. The maximum Gasteiger partial charge on any atom is 0.348 e. The van der Waals surface area contributed by atoms with Crippen LogP contribution in [0, 0.1) is 29.6 Å². The van der Waals surface area contributed by atoms with Crippen molar-refractivity contribution < 1.29 is 14.3 Å². The van der Waals surface area contributed by atoms with E-state index >= 15 is 0 Å². The van der Waals surface area contributed by atoms with E-state index in [1.54, 1.807) is 13.8 Å². The van der Waals surface area contributed by atoms with Crippen molar-refractivity contribution in [3.05, 3.63) is 38.9 Å². The Balaban J connectivity index is 2.41. The second kappa shape index (κ2) is 8.67. The number of carbonyl (C=O) groups excluding carboxylic acids is 2. The predicted octanol–water partition coefficient (Wildman–Crippen LogP) is 3.45. The number of nitriles is 2. The average Bonchev–Trinajstić information content (AvgIpc) is 2.95. The molecule has 0 aliphatic heterocycles. The zero-order valence-electron chi connectivity index (χ0n) is 15.0. The Bertz CT molecular complexity index is 1000. The molecule has 0 bridgehead atoms. The molecule has 0 spiro atoms. The molecule has 0 unspecified atom stereocenters. The zero-order chi connectivity index (χ0) is 20.1. The number of carbonyl (C=O) groups is 2. The van der Waals surface area contributed by atoms with Gasteiger partial charge in [0.05, 0.1) is 17.7 Å². The van der Waals surface area contributed by atoms with Crippen LogP contribution in [0.2, 0.25) is 0 Å². The van der Waals surface area contributed by atoms with Crippen molar-refractivity contribution >= 4 is 39.9 Å². The number of rotatable bonds is 6. The number of ether oxygens (including phenoxy) is 1. The van der Waals surface area contributed by atoms with Crippen molar-refractivity contribution in [2.45, 2.75) is 31.6 Å². The third kappa shape index (κ3) is 4.27. The first-order valence-corrected chi connectivity index (χ1v) is 9.68. The van der Waals surface area contributed by atoms with Gasteiger partial charge in [-0.15, -0.1) is 23.1 Å². The van der Waals surface area contributed by atoms with Gasteiger partial charge in [-0.2, -0.15) is 10.5 Å². The van der Waals surface area contributed by atoms with Gasteiger partial charge in [0.15, 0.2) is 5.78 Å². The molecule has 2 aromatic rings. The fraction of sp³-hybridized carbons (Fsp3) is 0.278. The summed E-state index contributed by atoms with van der Waals surface area (Å²) in [5, 5.41) is 19.4. The number of ketones is 1. The van der Waals surface area contributed by atoms with Crippen molar-refractivity contribution in [3.8, 4) is 12.1 Å². The Hall–Kier alpha value is -2.88. The number of thiophene rings is 1. The monoisotopic (exact) mass is 400 g/mol.